The van der Waals surface area contributed by atoms with Crippen LogP contribution in [0.4, 0.5) is 0 Å². The minimum Gasteiger partial charge on any atom is -0.396 e. The summed E-state index contributed by atoms with van der Waals surface area (Å²) < 4.78 is 0. The zero-order valence-electron chi connectivity index (χ0n) is 13.7. The second-order valence-corrected chi connectivity index (χ2v) is 6.38. The number of amides is 1. The first-order chi connectivity index (χ1) is 11.7. The quantitative estimate of drug-likeness (QED) is 0.737. The van der Waals surface area contributed by atoms with Crippen LogP contribution < -0.4 is 5.32 Å². The summed E-state index contributed by atoms with van der Waals surface area (Å²) in [6, 6.07) is 12.1. The molecule has 128 valence electrons. The van der Waals surface area contributed by atoms with E-state index in [1.165, 1.54) is 5.56 Å². The van der Waals surface area contributed by atoms with Gasteiger partial charge in [0.15, 0.2) is 0 Å². The Morgan fingerprint density at radius 2 is 2.17 bits per heavy atom. The molecule has 2 heterocycles. The second-order valence-electron chi connectivity index (χ2n) is 6.38. The van der Waals surface area contributed by atoms with Crippen LogP contribution in [0.5, 0.6) is 0 Å². The molecule has 1 saturated heterocycles. The highest BCUT2D eigenvalue weighted by Gasteiger charge is 2.29. The Morgan fingerprint density at radius 3 is 2.88 bits per heavy atom. The van der Waals surface area contributed by atoms with Crippen molar-refractivity contribution < 1.29 is 9.90 Å². The lowest BCUT2D eigenvalue weighted by Gasteiger charge is -2.38. The molecule has 1 fully saturated rings. The SMILES string of the molecule is O=C(Cc1ccn[nH]1)N[C@H]1CN(Cc2ccccc2)CC[C@H]1CO. The minimum atomic E-state index is -0.0377. The minimum absolute atomic E-state index is 0.0251. The van der Waals surface area contributed by atoms with Crippen LogP contribution in [-0.2, 0) is 17.8 Å². The Morgan fingerprint density at radius 1 is 1.33 bits per heavy atom. The largest absolute Gasteiger partial charge is 0.396 e. The number of likely N-dealkylation sites (tertiary alicyclic amines) is 1. The number of hydrogen-bond donors (Lipinski definition) is 3. The van der Waals surface area contributed by atoms with Gasteiger partial charge >= 0.3 is 0 Å². The number of carbonyl (C=O) groups is 1. The van der Waals surface area contributed by atoms with Crippen molar-refractivity contribution >= 4 is 5.91 Å². The topological polar surface area (TPSA) is 81.2 Å². The Hall–Kier alpha value is -2.18. The number of carbonyl (C=O) groups excluding carboxylic acids is 1. The molecule has 1 aliphatic rings. The lowest BCUT2D eigenvalue weighted by molar-refractivity contribution is -0.122. The first-order valence-corrected chi connectivity index (χ1v) is 8.39. The van der Waals surface area contributed by atoms with E-state index in [2.05, 4.69) is 32.5 Å². The molecule has 3 N–H and O–H groups in total. The first kappa shape index (κ1) is 16.7. The van der Waals surface area contributed by atoms with Crippen LogP contribution in [0.15, 0.2) is 42.6 Å². The number of hydrogen-bond acceptors (Lipinski definition) is 4. The van der Waals surface area contributed by atoms with Gasteiger partial charge in [0.05, 0.1) is 6.42 Å². The maximum absolute atomic E-state index is 12.2. The van der Waals surface area contributed by atoms with Gasteiger partial charge in [0.25, 0.3) is 0 Å². The van der Waals surface area contributed by atoms with Crippen LogP contribution in [0.25, 0.3) is 0 Å². The molecule has 0 saturated carbocycles. The Kier molecular flexibility index (Phi) is 5.61. The van der Waals surface area contributed by atoms with Crippen LogP contribution >= 0.6 is 0 Å². The monoisotopic (exact) mass is 328 g/mol. The van der Waals surface area contributed by atoms with Crippen LogP contribution in [-0.4, -0.2) is 51.8 Å². The van der Waals surface area contributed by atoms with Gasteiger partial charge in [0, 0.05) is 43.5 Å². The molecule has 0 bridgehead atoms. The highest BCUT2D eigenvalue weighted by Crippen LogP contribution is 2.19. The van der Waals surface area contributed by atoms with Crippen molar-refractivity contribution in [3.05, 3.63) is 53.9 Å². The molecule has 0 unspecified atom stereocenters. The third-order valence-corrected chi connectivity index (χ3v) is 4.58. The van der Waals surface area contributed by atoms with Crippen molar-refractivity contribution in [2.24, 2.45) is 5.92 Å². The van der Waals surface area contributed by atoms with E-state index in [0.717, 1.165) is 31.7 Å². The predicted octanol–water partition coefficient (Wildman–Crippen LogP) is 0.951. The summed E-state index contributed by atoms with van der Waals surface area (Å²) in [6.45, 7) is 2.67. The Bertz CT molecular complexity index is 630. The summed E-state index contributed by atoms with van der Waals surface area (Å²) in [7, 11) is 0. The molecular formula is C18H24N4O2. The fourth-order valence-corrected chi connectivity index (χ4v) is 3.25. The third kappa shape index (κ3) is 4.43. The van der Waals surface area contributed by atoms with Crippen LogP contribution in [0.2, 0.25) is 0 Å². The van der Waals surface area contributed by atoms with Crippen molar-refractivity contribution in [3.8, 4) is 0 Å². The molecule has 6 heteroatoms. The molecule has 0 spiro atoms. The summed E-state index contributed by atoms with van der Waals surface area (Å²) >= 11 is 0. The van der Waals surface area contributed by atoms with Crippen molar-refractivity contribution in [3.63, 3.8) is 0 Å². The van der Waals surface area contributed by atoms with E-state index in [9.17, 15) is 9.90 Å². The van der Waals surface area contributed by atoms with Gasteiger partial charge in [-0.05, 0) is 24.6 Å². The molecule has 1 aromatic carbocycles. The molecule has 2 atom stereocenters. The number of benzene rings is 1. The van der Waals surface area contributed by atoms with Crippen LogP contribution in [0.1, 0.15) is 17.7 Å². The number of aromatic amines is 1. The fraction of sp³-hybridized carbons (Fsp3) is 0.444. The van der Waals surface area contributed by atoms with Gasteiger partial charge < -0.3 is 10.4 Å². The van der Waals surface area contributed by atoms with Crippen molar-refractivity contribution in [1.29, 1.82) is 0 Å². The average Bonchev–Trinajstić information content (AvgIpc) is 3.09. The summed E-state index contributed by atoms with van der Waals surface area (Å²) in [5.41, 5.74) is 2.06. The van der Waals surface area contributed by atoms with Gasteiger partial charge in [0.1, 0.15) is 0 Å². The summed E-state index contributed by atoms with van der Waals surface area (Å²) in [5, 5.41) is 19.4. The molecule has 2 aromatic rings. The number of rotatable bonds is 6. The van der Waals surface area contributed by atoms with E-state index >= 15 is 0 Å². The number of aromatic nitrogens is 2. The molecule has 1 aromatic heterocycles. The van der Waals surface area contributed by atoms with E-state index in [1.54, 1.807) is 12.3 Å². The fourth-order valence-electron chi connectivity index (χ4n) is 3.25. The third-order valence-electron chi connectivity index (χ3n) is 4.58. The lowest BCUT2D eigenvalue weighted by Crippen LogP contribution is -2.53. The summed E-state index contributed by atoms with van der Waals surface area (Å²) in [5.74, 6) is 0.0759. The predicted molar refractivity (Wildman–Crippen MR) is 91.1 cm³/mol. The molecule has 3 rings (SSSR count). The van der Waals surface area contributed by atoms with E-state index in [4.69, 9.17) is 0 Å². The zero-order chi connectivity index (χ0) is 16.8. The van der Waals surface area contributed by atoms with Crippen LogP contribution in [0, 0.1) is 5.92 Å². The first-order valence-electron chi connectivity index (χ1n) is 8.39. The highest BCUT2D eigenvalue weighted by atomic mass is 16.3. The smallest absolute Gasteiger partial charge is 0.226 e. The van der Waals surface area contributed by atoms with Gasteiger partial charge in [-0.15, -0.1) is 0 Å². The van der Waals surface area contributed by atoms with Gasteiger partial charge in [-0.1, -0.05) is 30.3 Å². The van der Waals surface area contributed by atoms with Gasteiger partial charge in [0.2, 0.25) is 5.91 Å². The Balaban J connectivity index is 1.57. The number of nitrogens with zero attached hydrogens (tertiary/aromatic N) is 2. The number of nitrogens with one attached hydrogen (secondary N) is 2. The summed E-state index contributed by atoms with van der Waals surface area (Å²) in [6.07, 6.45) is 2.81. The van der Waals surface area contributed by atoms with E-state index < -0.39 is 0 Å². The normalized spacial score (nSPS) is 21.5. The molecule has 0 aliphatic carbocycles. The molecule has 0 radical (unpaired) electrons. The number of piperidine rings is 1. The molecular weight excluding hydrogens is 304 g/mol. The Labute approximate surface area is 141 Å². The molecule has 1 amide bonds. The van der Waals surface area contributed by atoms with Gasteiger partial charge in [-0.3, -0.25) is 14.8 Å². The lowest BCUT2D eigenvalue weighted by atomic mass is 9.91. The van der Waals surface area contributed by atoms with E-state index in [0.29, 0.717) is 0 Å². The van der Waals surface area contributed by atoms with Crippen LogP contribution in [0.3, 0.4) is 0 Å². The van der Waals surface area contributed by atoms with Gasteiger partial charge in [-0.2, -0.15) is 5.10 Å². The number of H-pyrrole nitrogens is 1. The van der Waals surface area contributed by atoms with E-state index in [1.807, 2.05) is 18.2 Å². The molecule has 1 aliphatic heterocycles. The van der Waals surface area contributed by atoms with Gasteiger partial charge in [-0.25, -0.2) is 0 Å². The van der Waals surface area contributed by atoms with Crippen molar-refractivity contribution in [1.82, 2.24) is 20.4 Å². The summed E-state index contributed by atoms with van der Waals surface area (Å²) in [4.78, 5) is 14.6. The molecule has 6 nitrogen and oxygen atoms in total. The maximum Gasteiger partial charge on any atom is 0.226 e. The van der Waals surface area contributed by atoms with Crippen molar-refractivity contribution in [2.45, 2.75) is 25.4 Å². The highest BCUT2D eigenvalue weighted by molar-refractivity contribution is 5.78. The zero-order valence-corrected chi connectivity index (χ0v) is 13.7. The van der Waals surface area contributed by atoms with Crippen molar-refractivity contribution in [2.75, 3.05) is 19.7 Å². The standard InChI is InChI=1S/C18H24N4O2/c23-13-15-7-9-22(11-14-4-2-1-3-5-14)12-17(15)20-18(24)10-16-6-8-19-21-16/h1-6,8,15,17,23H,7,9-13H2,(H,19,21)(H,20,24)/t15-,17-/m0/s1. The number of aliphatic hydroxyl groups is 1. The number of aliphatic hydroxyl groups excluding tert-OH is 1. The van der Waals surface area contributed by atoms with E-state index in [-0.39, 0.29) is 30.9 Å². The second kappa shape index (κ2) is 8.08. The molecule has 24 heavy (non-hydrogen) atoms. The maximum atomic E-state index is 12.2. The average molecular weight is 328 g/mol.